The van der Waals surface area contributed by atoms with E-state index in [2.05, 4.69) is 30.3 Å². The van der Waals surface area contributed by atoms with Crippen molar-refractivity contribution in [1.29, 1.82) is 0 Å². The molecule has 0 fully saturated rings. The fourth-order valence-corrected chi connectivity index (χ4v) is 2.06. The second-order valence-electron chi connectivity index (χ2n) is 5.30. The van der Waals surface area contributed by atoms with E-state index >= 15 is 0 Å². The molecule has 0 aliphatic rings. The third kappa shape index (κ3) is 4.04. The summed E-state index contributed by atoms with van der Waals surface area (Å²) in [7, 11) is 2.04. The van der Waals surface area contributed by atoms with Crippen molar-refractivity contribution in [3.8, 4) is 0 Å². The van der Waals surface area contributed by atoms with Crippen molar-refractivity contribution in [3.05, 3.63) is 18.2 Å². The average Bonchev–Trinajstić information content (AvgIpc) is 2.45. The van der Waals surface area contributed by atoms with Gasteiger partial charge in [-0.25, -0.2) is 4.98 Å². The normalized spacial score (nSPS) is 14.2. The first kappa shape index (κ1) is 12.2. The molecule has 0 amide bonds. The van der Waals surface area contributed by atoms with E-state index in [0.29, 0.717) is 5.41 Å². The molecule has 0 aliphatic carbocycles. The maximum absolute atomic E-state index is 5.84. The van der Waals surface area contributed by atoms with Crippen LogP contribution in [0.4, 0.5) is 0 Å². The second kappa shape index (κ2) is 4.79. The van der Waals surface area contributed by atoms with Gasteiger partial charge in [-0.15, -0.1) is 0 Å². The van der Waals surface area contributed by atoms with E-state index in [0.717, 1.165) is 25.1 Å². The fourth-order valence-electron chi connectivity index (χ4n) is 2.06. The van der Waals surface area contributed by atoms with Gasteiger partial charge in [0.05, 0.1) is 0 Å². The molecule has 0 saturated carbocycles. The highest BCUT2D eigenvalue weighted by molar-refractivity contribution is 4.92. The average molecular weight is 209 g/mol. The van der Waals surface area contributed by atoms with Crippen LogP contribution in [0.3, 0.4) is 0 Å². The van der Waals surface area contributed by atoms with Gasteiger partial charge in [0.25, 0.3) is 0 Å². The van der Waals surface area contributed by atoms with Gasteiger partial charge >= 0.3 is 0 Å². The quantitative estimate of drug-likeness (QED) is 0.807. The number of imidazole rings is 1. The lowest BCUT2D eigenvalue weighted by atomic mass is 9.82. The summed E-state index contributed by atoms with van der Waals surface area (Å²) in [5.74, 6) is 1.16. The number of nitrogens with two attached hydrogens (primary N) is 1. The Bertz CT molecular complexity index is 300. The third-order valence-electron chi connectivity index (χ3n) is 2.82. The third-order valence-corrected chi connectivity index (χ3v) is 2.82. The molecule has 2 N–H and O–H groups in total. The number of hydrogen-bond donors (Lipinski definition) is 1. The predicted molar refractivity (Wildman–Crippen MR) is 63.6 cm³/mol. The lowest BCUT2D eigenvalue weighted by Gasteiger charge is -2.26. The summed E-state index contributed by atoms with van der Waals surface area (Å²) in [4.78, 5) is 4.33. The molecule has 1 rings (SSSR count). The van der Waals surface area contributed by atoms with Gasteiger partial charge in [0.1, 0.15) is 5.82 Å². The molecular weight excluding hydrogens is 186 g/mol. The maximum atomic E-state index is 5.84. The minimum Gasteiger partial charge on any atom is -0.338 e. The molecule has 0 aliphatic heterocycles. The molecule has 0 spiro atoms. The van der Waals surface area contributed by atoms with E-state index in [4.69, 9.17) is 5.73 Å². The van der Waals surface area contributed by atoms with Crippen LogP contribution in [0.25, 0.3) is 0 Å². The largest absolute Gasteiger partial charge is 0.338 e. The van der Waals surface area contributed by atoms with Crippen LogP contribution in [0.1, 0.15) is 39.4 Å². The van der Waals surface area contributed by atoms with E-state index in [1.54, 1.807) is 0 Å². The van der Waals surface area contributed by atoms with E-state index in [1.807, 2.05) is 19.4 Å². The number of aromatic nitrogens is 2. The van der Waals surface area contributed by atoms with Gasteiger partial charge in [-0.1, -0.05) is 13.8 Å². The topological polar surface area (TPSA) is 43.8 Å². The van der Waals surface area contributed by atoms with Crippen molar-refractivity contribution in [1.82, 2.24) is 9.55 Å². The van der Waals surface area contributed by atoms with E-state index < -0.39 is 0 Å². The molecule has 3 heteroatoms. The minimum absolute atomic E-state index is 0.279. The maximum Gasteiger partial charge on any atom is 0.108 e. The molecule has 0 bridgehead atoms. The molecule has 1 unspecified atom stereocenters. The van der Waals surface area contributed by atoms with E-state index in [9.17, 15) is 0 Å². The zero-order valence-corrected chi connectivity index (χ0v) is 10.3. The highest BCUT2D eigenvalue weighted by Gasteiger charge is 2.20. The molecule has 0 aromatic carbocycles. The van der Waals surface area contributed by atoms with Crippen LogP contribution >= 0.6 is 0 Å². The highest BCUT2D eigenvalue weighted by atomic mass is 15.0. The van der Waals surface area contributed by atoms with Gasteiger partial charge in [0.15, 0.2) is 0 Å². The van der Waals surface area contributed by atoms with Crippen molar-refractivity contribution >= 4 is 0 Å². The Morgan fingerprint density at radius 2 is 2.20 bits per heavy atom. The summed E-state index contributed by atoms with van der Waals surface area (Å²) in [6.45, 7) is 6.63. The Morgan fingerprint density at radius 1 is 1.53 bits per heavy atom. The summed E-state index contributed by atoms with van der Waals surface area (Å²) in [5, 5.41) is 0. The lowest BCUT2D eigenvalue weighted by molar-refractivity contribution is 0.285. The monoisotopic (exact) mass is 209 g/mol. The van der Waals surface area contributed by atoms with Crippen LogP contribution in [-0.2, 0) is 13.5 Å². The van der Waals surface area contributed by atoms with Gasteiger partial charge in [0, 0.05) is 31.9 Å². The SMILES string of the molecule is CC(N)CC(C)(C)CCc1nccn1C. The first-order valence-electron chi connectivity index (χ1n) is 5.62. The van der Waals surface area contributed by atoms with E-state index in [1.165, 1.54) is 0 Å². The number of rotatable bonds is 5. The molecule has 0 saturated heterocycles. The molecule has 1 aromatic heterocycles. The van der Waals surface area contributed by atoms with Gasteiger partial charge in [-0.05, 0) is 25.2 Å². The van der Waals surface area contributed by atoms with Crippen molar-refractivity contribution in [2.75, 3.05) is 0 Å². The summed E-state index contributed by atoms with van der Waals surface area (Å²) in [5.41, 5.74) is 6.14. The van der Waals surface area contributed by atoms with Crippen LogP contribution in [-0.4, -0.2) is 15.6 Å². The molecule has 1 heterocycles. The number of hydrogen-bond acceptors (Lipinski definition) is 2. The zero-order valence-electron chi connectivity index (χ0n) is 10.3. The zero-order chi connectivity index (χ0) is 11.5. The number of aryl methyl sites for hydroxylation is 2. The van der Waals surface area contributed by atoms with Crippen LogP contribution in [0.5, 0.6) is 0 Å². The van der Waals surface area contributed by atoms with Crippen LogP contribution in [0, 0.1) is 5.41 Å². The van der Waals surface area contributed by atoms with Crippen molar-refractivity contribution in [2.24, 2.45) is 18.2 Å². The first-order chi connectivity index (χ1) is 6.91. The molecule has 3 nitrogen and oxygen atoms in total. The predicted octanol–water partition coefficient (Wildman–Crippen LogP) is 2.12. The standard InChI is InChI=1S/C12H23N3/c1-10(13)9-12(2,3)6-5-11-14-7-8-15(11)4/h7-8,10H,5-6,9,13H2,1-4H3. The molecule has 15 heavy (non-hydrogen) atoms. The van der Waals surface area contributed by atoms with Crippen LogP contribution < -0.4 is 5.73 Å². The molecule has 0 radical (unpaired) electrons. The summed E-state index contributed by atoms with van der Waals surface area (Å²) in [6, 6.07) is 0.279. The summed E-state index contributed by atoms with van der Waals surface area (Å²) < 4.78 is 2.09. The molecule has 1 atom stereocenters. The first-order valence-corrected chi connectivity index (χ1v) is 5.62. The molecule has 1 aromatic rings. The van der Waals surface area contributed by atoms with Crippen molar-refractivity contribution in [2.45, 2.75) is 46.1 Å². The molecule has 86 valence electrons. The van der Waals surface area contributed by atoms with Crippen molar-refractivity contribution < 1.29 is 0 Å². The van der Waals surface area contributed by atoms with Gasteiger partial charge in [-0.2, -0.15) is 0 Å². The Kier molecular flexibility index (Phi) is 3.91. The minimum atomic E-state index is 0.279. The van der Waals surface area contributed by atoms with Gasteiger partial charge < -0.3 is 10.3 Å². The second-order valence-corrected chi connectivity index (χ2v) is 5.30. The number of nitrogens with zero attached hydrogens (tertiary/aromatic N) is 2. The smallest absolute Gasteiger partial charge is 0.108 e. The van der Waals surface area contributed by atoms with Gasteiger partial charge in [0.2, 0.25) is 0 Å². The Morgan fingerprint density at radius 3 is 2.67 bits per heavy atom. The lowest BCUT2D eigenvalue weighted by Crippen LogP contribution is -2.25. The Balaban J connectivity index is 2.46. The van der Waals surface area contributed by atoms with Crippen LogP contribution in [0.2, 0.25) is 0 Å². The fraction of sp³-hybridized carbons (Fsp3) is 0.750. The van der Waals surface area contributed by atoms with E-state index in [-0.39, 0.29) is 6.04 Å². The Labute approximate surface area is 92.7 Å². The summed E-state index contributed by atoms with van der Waals surface area (Å²) in [6.07, 6.45) is 7.09. The van der Waals surface area contributed by atoms with Crippen molar-refractivity contribution in [3.63, 3.8) is 0 Å². The highest BCUT2D eigenvalue weighted by Crippen LogP contribution is 2.27. The summed E-state index contributed by atoms with van der Waals surface area (Å²) >= 11 is 0. The Hall–Kier alpha value is -0.830. The van der Waals surface area contributed by atoms with Crippen LogP contribution in [0.15, 0.2) is 12.4 Å². The van der Waals surface area contributed by atoms with Gasteiger partial charge in [-0.3, -0.25) is 0 Å². The molecular formula is C12H23N3.